The van der Waals surface area contributed by atoms with Crippen molar-refractivity contribution in [3.63, 3.8) is 0 Å². The molecule has 1 aromatic heterocycles. The van der Waals surface area contributed by atoms with Crippen molar-refractivity contribution in [2.45, 2.75) is 19.0 Å². The Morgan fingerprint density at radius 2 is 1.93 bits per heavy atom. The second-order valence-corrected chi connectivity index (χ2v) is 7.43. The maximum absolute atomic E-state index is 13.8. The topological polar surface area (TPSA) is 66.8 Å². The zero-order valence-corrected chi connectivity index (χ0v) is 16.9. The number of anilines is 1. The lowest BCUT2D eigenvalue weighted by atomic mass is 9.96. The molecule has 1 aromatic carbocycles. The number of aliphatic hydroxyl groups is 1. The van der Waals surface area contributed by atoms with Crippen LogP contribution < -0.4 is 10.2 Å². The Hall–Kier alpha value is -1.91. The molecule has 0 atom stereocenters. The van der Waals surface area contributed by atoms with Gasteiger partial charge in [-0.1, -0.05) is 23.7 Å². The number of alkyl halides is 3. The zero-order valence-electron chi connectivity index (χ0n) is 16.2. The Labute approximate surface area is 177 Å². The van der Waals surface area contributed by atoms with Crippen molar-refractivity contribution in [3.05, 3.63) is 47.1 Å². The molecule has 1 saturated heterocycles. The van der Waals surface area contributed by atoms with Gasteiger partial charge in [-0.15, -0.1) is 0 Å². The molecule has 30 heavy (non-hydrogen) atoms. The van der Waals surface area contributed by atoms with Crippen LogP contribution >= 0.6 is 11.6 Å². The fraction of sp³-hybridized carbons (Fsp3) is 0.450. The van der Waals surface area contributed by atoms with Crippen molar-refractivity contribution in [2.24, 2.45) is 5.92 Å². The lowest BCUT2D eigenvalue weighted by molar-refractivity contribution is -0.332. The number of hydrogen-bond acceptors (Lipinski definition) is 6. The summed E-state index contributed by atoms with van der Waals surface area (Å²) in [6.45, 7) is 1.21. The minimum absolute atomic E-state index is 0.0423. The molecule has 0 bridgehead atoms. The van der Waals surface area contributed by atoms with Crippen LogP contribution in [0.15, 0.2) is 36.5 Å². The van der Waals surface area contributed by atoms with Gasteiger partial charge in [0.2, 0.25) is 0 Å². The lowest BCUT2D eigenvalue weighted by Crippen LogP contribution is -2.39. The van der Waals surface area contributed by atoms with Crippen LogP contribution in [0.1, 0.15) is 18.4 Å². The molecular weight excluding hydrogens is 423 g/mol. The van der Waals surface area contributed by atoms with Crippen molar-refractivity contribution in [3.8, 4) is 11.1 Å². The van der Waals surface area contributed by atoms with E-state index in [4.69, 9.17) is 16.7 Å². The smallest absolute Gasteiger partial charge is 0.368 e. The molecule has 1 fully saturated rings. The number of benzene rings is 1. The highest BCUT2D eigenvalue weighted by atomic mass is 35.5. The highest BCUT2D eigenvalue weighted by molar-refractivity contribution is 6.30. The Bertz CT molecular complexity index is 830. The highest BCUT2D eigenvalue weighted by Gasteiger charge is 2.37. The summed E-state index contributed by atoms with van der Waals surface area (Å²) in [4.78, 5) is 14.9. The number of halogens is 4. The molecule has 2 aromatic rings. The molecule has 0 radical (unpaired) electrons. The van der Waals surface area contributed by atoms with Crippen LogP contribution in [-0.4, -0.2) is 43.2 Å². The third-order valence-corrected chi connectivity index (χ3v) is 5.21. The van der Waals surface area contributed by atoms with E-state index in [1.165, 1.54) is 6.20 Å². The molecule has 6 nitrogen and oxygen atoms in total. The van der Waals surface area contributed by atoms with Gasteiger partial charge in [0, 0.05) is 36.4 Å². The normalized spacial score (nSPS) is 15.6. The average molecular weight is 446 g/mol. The van der Waals surface area contributed by atoms with Crippen molar-refractivity contribution >= 4 is 17.4 Å². The van der Waals surface area contributed by atoms with E-state index in [9.17, 15) is 13.2 Å². The fourth-order valence-corrected chi connectivity index (χ4v) is 3.67. The van der Waals surface area contributed by atoms with Gasteiger partial charge in [-0.05, 0) is 42.5 Å². The van der Waals surface area contributed by atoms with Gasteiger partial charge in [0.1, 0.15) is 12.5 Å². The number of pyridine rings is 1. The Kier molecular flexibility index (Phi) is 7.90. The number of nitrogens with zero attached hydrogens (tertiary/aromatic N) is 2. The maximum atomic E-state index is 13.8. The largest absolute Gasteiger partial charge is 0.419 e. The minimum Gasteiger partial charge on any atom is -0.368 e. The second-order valence-electron chi connectivity index (χ2n) is 7.00. The average Bonchev–Trinajstić information content (AvgIpc) is 2.73. The minimum atomic E-state index is -4.51. The second kappa shape index (κ2) is 10.4. The van der Waals surface area contributed by atoms with E-state index >= 15 is 0 Å². The monoisotopic (exact) mass is 445 g/mol. The molecule has 3 rings (SSSR count). The van der Waals surface area contributed by atoms with Gasteiger partial charge in [-0.2, -0.15) is 13.2 Å². The summed E-state index contributed by atoms with van der Waals surface area (Å²) in [5, 5.41) is 11.9. The van der Waals surface area contributed by atoms with Crippen molar-refractivity contribution in [1.82, 2.24) is 10.3 Å². The number of aromatic nitrogens is 1. The molecule has 2 heterocycles. The number of hydrogen-bond donors (Lipinski definition) is 2. The molecule has 0 amide bonds. The maximum Gasteiger partial charge on any atom is 0.419 e. The first kappa shape index (κ1) is 22.8. The van der Waals surface area contributed by atoms with Gasteiger partial charge in [0.25, 0.3) is 0 Å². The van der Waals surface area contributed by atoms with Crippen LogP contribution in [0.4, 0.5) is 19.0 Å². The number of rotatable bonds is 8. The highest BCUT2D eigenvalue weighted by Crippen LogP contribution is 2.39. The Morgan fingerprint density at radius 3 is 2.60 bits per heavy atom. The van der Waals surface area contributed by atoms with Gasteiger partial charge in [-0.25, -0.2) is 14.8 Å². The van der Waals surface area contributed by atoms with Crippen molar-refractivity contribution in [2.75, 3.05) is 38.1 Å². The Balaban J connectivity index is 1.69. The summed E-state index contributed by atoms with van der Waals surface area (Å²) in [5.41, 5.74) is 0.216. The molecule has 0 aliphatic carbocycles. The van der Waals surface area contributed by atoms with E-state index in [0.29, 0.717) is 41.7 Å². The number of aliphatic hydroxyl groups excluding tert-OH is 1. The summed E-state index contributed by atoms with van der Waals surface area (Å²) >= 11 is 5.97. The van der Waals surface area contributed by atoms with E-state index in [2.05, 4.69) is 20.1 Å². The van der Waals surface area contributed by atoms with E-state index in [0.717, 1.165) is 18.9 Å². The van der Waals surface area contributed by atoms with Crippen LogP contribution in [0, 0.1) is 5.92 Å². The summed E-state index contributed by atoms with van der Waals surface area (Å²) < 4.78 is 41.3. The van der Waals surface area contributed by atoms with E-state index in [1.54, 1.807) is 29.2 Å². The Morgan fingerprint density at radius 1 is 1.17 bits per heavy atom. The third-order valence-electron chi connectivity index (χ3n) is 4.97. The summed E-state index contributed by atoms with van der Waals surface area (Å²) in [6.07, 6.45) is -1.60. The van der Waals surface area contributed by atoms with Crippen LogP contribution in [0.2, 0.25) is 5.02 Å². The standard InChI is InChI=1S/C20H23ClF3N3O3/c21-17-3-1-2-15(8-17)16-9-18(20(22,23)24)19(26-11-16)27-6-4-14(5-7-27)10-25-12-29-30-13-28/h1-3,8-9,11,14,25,28H,4-7,10,12-13H2. The predicted molar refractivity (Wildman–Crippen MR) is 107 cm³/mol. The van der Waals surface area contributed by atoms with Gasteiger partial charge in [-0.3, -0.25) is 5.32 Å². The first-order chi connectivity index (χ1) is 14.4. The lowest BCUT2D eigenvalue weighted by Gasteiger charge is -2.34. The van der Waals surface area contributed by atoms with E-state index < -0.39 is 18.5 Å². The molecule has 0 unspecified atom stereocenters. The summed E-state index contributed by atoms with van der Waals surface area (Å²) in [7, 11) is 0. The van der Waals surface area contributed by atoms with E-state index in [1.807, 2.05) is 0 Å². The first-order valence-corrected chi connectivity index (χ1v) is 9.90. The summed E-state index contributed by atoms with van der Waals surface area (Å²) in [5.74, 6) is 0.262. The number of piperidine rings is 1. The van der Waals surface area contributed by atoms with Gasteiger partial charge in [0.05, 0.1) is 5.56 Å². The van der Waals surface area contributed by atoms with Gasteiger partial charge >= 0.3 is 6.18 Å². The first-order valence-electron chi connectivity index (χ1n) is 9.52. The molecule has 0 saturated carbocycles. The van der Waals surface area contributed by atoms with Gasteiger partial charge < -0.3 is 10.0 Å². The van der Waals surface area contributed by atoms with Crippen molar-refractivity contribution in [1.29, 1.82) is 0 Å². The molecule has 1 aliphatic rings. The quantitative estimate of drug-likeness (QED) is 0.276. The molecule has 164 valence electrons. The van der Waals surface area contributed by atoms with Crippen LogP contribution in [0.25, 0.3) is 11.1 Å². The summed E-state index contributed by atoms with van der Waals surface area (Å²) in [6, 6.07) is 7.82. The molecular formula is C20H23ClF3N3O3. The fourth-order valence-electron chi connectivity index (χ4n) is 3.48. The van der Waals surface area contributed by atoms with Crippen LogP contribution in [0.3, 0.4) is 0 Å². The molecule has 2 N–H and O–H groups in total. The zero-order chi connectivity index (χ0) is 21.6. The molecule has 0 spiro atoms. The van der Waals surface area contributed by atoms with Crippen LogP contribution in [-0.2, 0) is 16.0 Å². The van der Waals surface area contributed by atoms with Crippen molar-refractivity contribution < 1.29 is 28.1 Å². The van der Waals surface area contributed by atoms with Crippen LogP contribution in [0.5, 0.6) is 0 Å². The van der Waals surface area contributed by atoms with E-state index in [-0.39, 0.29) is 12.5 Å². The molecule has 1 aliphatic heterocycles. The number of nitrogens with one attached hydrogen (secondary N) is 1. The van der Waals surface area contributed by atoms with Gasteiger partial charge in [0.15, 0.2) is 6.79 Å². The predicted octanol–water partition coefficient (Wildman–Crippen LogP) is 4.08. The molecule has 10 heteroatoms. The third kappa shape index (κ3) is 6.05. The SMILES string of the molecule is OCOOCNCC1CCN(c2ncc(-c3cccc(Cl)c3)cc2C(F)(F)F)CC1.